The highest BCUT2D eigenvalue weighted by atomic mass is 35.5. The fourth-order valence-electron chi connectivity index (χ4n) is 2.11. The highest BCUT2D eigenvalue weighted by molar-refractivity contribution is 7.92. The van der Waals surface area contributed by atoms with Crippen LogP contribution in [0.3, 0.4) is 0 Å². The number of rotatable bonds is 4. The van der Waals surface area contributed by atoms with E-state index < -0.39 is 15.8 Å². The van der Waals surface area contributed by atoms with Crippen LogP contribution in [0.25, 0.3) is 0 Å². The normalized spacial score (nSPS) is 20.2. The largest absolute Gasteiger partial charge is 0.313 e. The van der Waals surface area contributed by atoms with Crippen molar-refractivity contribution < 1.29 is 12.8 Å². The lowest BCUT2D eigenvalue weighted by Gasteiger charge is -2.23. The van der Waals surface area contributed by atoms with Crippen molar-refractivity contribution in [3.05, 3.63) is 29.0 Å². The summed E-state index contributed by atoms with van der Waals surface area (Å²) in [4.78, 5) is 0. The van der Waals surface area contributed by atoms with Crippen molar-refractivity contribution in [2.75, 3.05) is 17.0 Å². The van der Waals surface area contributed by atoms with Gasteiger partial charge in [-0.1, -0.05) is 18.0 Å². The molecule has 0 saturated carbocycles. The molecule has 1 saturated heterocycles. The minimum Gasteiger partial charge on any atom is -0.313 e. The van der Waals surface area contributed by atoms with E-state index in [1.54, 1.807) is 0 Å². The SMILES string of the molecule is O=S(=O)(CC1CCCCN1)Nc1ccc(F)cc1Cl. The maximum Gasteiger partial charge on any atom is 0.234 e. The minimum atomic E-state index is -3.49. The number of anilines is 1. The monoisotopic (exact) mass is 306 g/mol. The molecule has 0 amide bonds. The van der Waals surface area contributed by atoms with E-state index in [2.05, 4.69) is 10.0 Å². The topological polar surface area (TPSA) is 58.2 Å². The summed E-state index contributed by atoms with van der Waals surface area (Å²) >= 11 is 5.80. The number of sulfonamides is 1. The van der Waals surface area contributed by atoms with Crippen molar-refractivity contribution >= 4 is 27.3 Å². The van der Waals surface area contributed by atoms with Crippen LogP contribution in [0.15, 0.2) is 18.2 Å². The molecule has 1 aromatic carbocycles. The van der Waals surface area contributed by atoms with Crippen LogP contribution in [-0.2, 0) is 10.0 Å². The molecule has 0 radical (unpaired) electrons. The maximum absolute atomic E-state index is 12.9. The maximum atomic E-state index is 12.9. The first kappa shape index (κ1) is 14.6. The summed E-state index contributed by atoms with van der Waals surface area (Å²) in [6.07, 6.45) is 2.95. The van der Waals surface area contributed by atoms with Gasteiger partial charge in [-0.15, -0.1) is 0 Å². The number of piperidine rings is 1. The molecule has 2 rings (SSSR count). The Balaban J connectivity index is 2.03. The van der Waals surface area contributed by atoms with Crippen LogP contribution >= 0.6 is 11.6 Å². The van der Waals surface area contributed by atoms with Crippen LogP contribution in [0, 0.1) is 5.82 Å². The summed E-state index contributed by atoms with van der Waals surface area (Å²) in [5.74, 6) is -0.498. The van der Waals surface area contributed by atoms with Gasteiger partial charge in [0, 0.05) is 6.04 Å². The zero-order chi connectivity index (χ0) is 13.9. The minimum absolute atomic E-state index is 0.000700. The van der Waals surface area contributed by atoms with Crippen LogP contribution < -0.4 is 10.0 Å². The smallest absolute Gasteiger partial charge is 0.234 e. The van der Waals surface area contributed by atoms with Crippen LogP contribution in [-0.4, -0.2) is 26.8 Å². The average Bonchev–Trinajstić information content (AvgIpc) is 2.33. The molecule has 2 N–H and O–H groups in total. The molecule has 7 heteroatoms. The lowest BCUT2D eigenvalue weighted by molar-refractivity contribution is 0.424. The van der Waals surface area contributed by atoms with Gasteiger partial charge in [-0.05, 0) is 37.6 Å². The van der Waals surface area contributed by atoms with E-state index in [0.717, 1.165) is 31.9 Å². The molecule has 4 nitrogen and oxygen atoms in total. The Morgan fingerprint density at radius 2 is 2.21 bits per heavy atom. The highest BCUT2D eigenvalue weighted by Crippen LogP contribution is 2.23. The van der Waals surface area contributed by atoms with Crippen LogP contribution in [0.2, 0.25) is 5.02 Å². The summed E-state index contributed by atoms with van der Waals surface area (Å²) in [5, 5.41) is 3.23. The number of hydrogen-bond acceptors (Lipinski definition) is 3. The molecule has 1 aliphatic rings. The Morgan fingerprint density at radius 3 is 2.84 bits per heavy atom. The first-order valence-corrected chi connectivity index (χ1v) is 8.18. The highest BCUT2D eigenvalue weighted by Gasteiger charge is 2.21. The van der Waals surface area contributed by atoms with E-state index in [4.69, 9.17) is 11.6 Å². The van der Waals surface area contributed by atoms with Gasteiger partial charge in [0.1, 0.15) is 5.82 Å². The zero-order valence-corrected chi connectivity index (χ0v) is 11.9. The molecule has 0 spiro atoms. The molecule has 1 atom stereocenters. The molecule has 0 aliphatic carbocycles. The molecule has 0 bridgehead atoms. The Labute approximate surface area is 117 Å². The predicted octanol–water partition coefficient (Wildman–Crippen LogP) is 2.36. The summed E-state index contributed by atoms with van der Waals surface area (Å²) in [6.45, 7) is 0.845. The second-order valence-electron chi connectivity index (χ2n) is 4.65. The van der Waals surface area contributed by atoms with E-state index in [0.29, 0.717) is 0 Å². The van der Waals surface area contributed by atoms with Crippen molar-refractivity contribution in [1.82, 2.24) is 5.32 Å². The molecule has 1 heterocycles. The standard InChI is InChI=1S/C12H16ClFN2O2S/c13-11-7-9(14)4-5-12(11)16-19(17,18)8-10-3-1-2-6-15-10/h4-5,7,10,15-16H,1-3,6,8H2. The average molecular weight is 307 g/mol. The van der Waals surface area contributed by atoms with E-state index in [1.165, 1.54) is 12.1 Å². The van der Waals surface area contributed by atoms with Gasteiger partial charge in [0.05, 0.1) is 16.5 Å². The van der Waals surface area contributed by atoms with E-state index in [9.17, 15) is 12.8 Å². The molecule has 106 valence electrons. The van der Waals surface area contributed by atoms with E-state index in [-0.39, 0.29) is 22.5 Å². The van der Waals surface area contributed by atoms with Gasteiger partial charge in [-0.25, -0.2) is 12.8 Å². The van der Waals surface area contributed by atoms with Crippen molar-refractivity contribution in [3.8, 4) is 0 Å². The molecule has 1 aliphatic heterocycles. The third-order valence-corrected chi connectivity index (χ3v) is 4.71. The van der Waals surface area contributed by atoms with Gasteiger partial charge in [-0.2, -0.15) is 0 Å². The first-order chi connectivity index (χ1) is 8.96. The van der Waals surface area contributed by atoms with Gasteiger partial charge in [0.25, 0.3) is 0 Å². The van der Waals surface area contributed by atoms with Crippen molar-refractivity contribution in [3.63, 3.8) is 0 Å². The van der Waals surface area contributed by atoms with Crippen molar-refractivity contribution in [1.29, 1.82) is 0 Å². The molecule has 1 fully saturated rings. The fourth-order valence-corrected chi connectivity index (χ4v) is 3.79. The summed E-state index contributed by atoms with van der Waals surface area (Å²) < 4.78 is 39.3. The number of benzene rings is 1. The summed E-state index contributed by atoms with van der Waals surface area (Å²) in [7, 11) is -3.49. The number of hydrogen-bond donors (Lipinski definition) is 2. The van der Waals surface area contributed by atoms with Crippen LogP contribution in [0.1, 0.15) is 19.3 Å². The van der Waals surface area contributed by atoms with Crippen molar-refractivity contribution in [2.45, 2.75) is 25.3 Å². The van der Waals surface area contributed by atoms with E-state index in [1.807, 2.05) is 0 Å². The molecule has 1 aromatic rings. The fraction of sp³-hybridized carbons (Fsp3) is 0.500. The number of halogens is 2. The van der Waals surface area contributed by atoms with Gasteiger partial charge >= 0.3 is 0 Å². The molecular weight excluding hydrogens is 291 g/mol. The lowest BCUT2D eigenvalue weighted by Crippen LogP contribution is -2.40. The summed E-state index contributed by atoms with van der Waals surface area (Å²) in [5.41, 5.74) is 0.207. The first-order valence-electron chi connectivity index (χ1n) is 6.15. The van der Waals surface area contributed by atoms with Gasteiger partial charge in [-0.3, -0.25) is 4.72 Å². The third-order valence-electron chi connectivity index (χ3n) is 3.03. The Hall–Kier alpha value is -0.850. The Bertz CT molecular complexity index is 545. The zero-order valence-electron chi connectivity index (χ0n) is 10.3. The van der Waals surface area contributed by atoms with Gasteiger partial charge in [0.15, 0.2) is 0 Å². The van der Waals surface area contributed by atoms with Gasteiger partial charge in [0.2, 0.25) is 10.0 Å². The Morgan fingerprint density at radius 1 is 1.42 bits per heavy atom. The third kappa shape index (κ3) is 4.33. The summed E-state index contributed by atoms with van der Waals surface area (Å²) in [6, 6.07) is 3.54. The van der Waals surface area contributed by atoms with Crippen LogP contribution in [0.4, 0.5) is 10.1 Å². The lowest BCUT2D eigenvalue weighted by atomic mass is 10.1. The Kier molecular flexibility index (Phi) is 4.65. The molecule has 19 heavy (non-hydrogen) atoms. The second kappa shape index (κ2) is 6.07. The predicted molar refractivity (Wildman–Crippen MR) is 74.5 cm³/mol. The molecule has 1 unspecified atom stereocenters. The van der Waals surface area contributed by atoms with Crippen LogP contribution in [0.5, 0.6) is 0 Å². The number of nitrogens with one attached hydrogen (secondary N) is 2. The van der Waals surface area contributed by atoms with E-state index >= 15 is 0 Å². The van der Waals surface area contributed by atoms with Crippen molar-refractivity contribution in [2.24, 2.45) is 0 Å². The van der Waals surface area contributed by atoms with Gasteiger partial charge < -0.3 is 5.32 Å². The second-order valence-corrected chi connectivity index (χ2v) is 6.83. The molecular formula is C12H16ClFN2O2S. The molecule has 0 aromatic heterocycles. The quantitative estimate of drug-likeness (QED) is 0.898.